The average Bonchev–Trinajstić information content (AvgIpc) is 2.83. The summed E-state index contributed by atoms with van der Waals surface area (Å²) in [5.74, 6) is 0.541. The summed E-state index contributed by atoms with van der Waals surface area (Å²) in [4.78, 5) is 12.8. The maximum atomic E-state index is 12.8. The van der Waals surface area contributed by atoms with Crippen LogP contribution in [0.5, 0.6) is 5.75 Å². The summed E-state index contributed by atoms with van der Waals surface area (Å²) in [5, 5.41) is 2.89. The number of amides is 1. The van der Waals surface area contributed by atoms with E-state index in [4.69, 9.17) is 4.74 Å². The molecule has 0 atom stereocenters. The summed E-state index contributed by atoms with van der Waals surface area (Å²) >= 11 is 0. The van der Waals surface area contributed by atoms with Gasteiger partial charge in [0.25, 0.3) is 5.91 Å². The van der Waals surface area contributed by atoms with Gasteiger partial charge in [-0.3, -0.25) is 9.10 Å². The van der Waals surface area contributed by atoms with E-state index in [0.29, 0.717) is 30.1 Å². The predicted molar refractivity (Wildman–Crippen MR) is 127 cm³/mol. The van der Waals surface area contributed by atoms with Gasteiger partial charge in [-0.25, -0.2) is 8.42 Å². The molecule has 0 spiro atoms. The average molecular weight is 451 g/mol. The number of nitrogens with zero attached hydrogens (tertiary/aromatic N) is 1. The standard InChI is InChI=1S/C25H26N2O4S/c1-2-32(29,30)27-16-6-9-20-17-21(10-15-24(20)27)25(28)26-22-11-13-23(14-12-22)31-18-19-7-4-3-5-8-19/h3-5,7-8,10-15,17H,2,6,9,16,18H2,1H3,(H,26,28). The molecule has 0 saturated heterocycles. The SMILES string of the molecule is CCS(=O)(=O)N1CCCc2cc(C(=O)Nc3ccc(OCc4ccccc4)cc3)ccc21. The van der Waals surface area contributed by atoms with Gasteiger partial charge >= 0.3 is 0 Å². The van der Waals surface area contributed by atoms with Gasteiger partial charge < -0.3 is 10.1 Å². The van der Waals surface area contributed by atoms with Crippen molar-refractivity contribution >= 4 is 27.3 Å². The molecule has 1 aliphatic rings. The highest BCUT2D eigenvalue weighted by molar-refractivity contribution is 7.92. The molecule has 3 aromatic carbocycles. The molecule has 0 fully saturated rings. The molecule has 0 radical (unpaired) electrons. The van der Waals surface area contributed by atoms with Crippen molar-refractivity contribution in [2.24, 2.45) is 0 Å². The predicted octanol–water partition coefficient (Wildman–Crippen LogP) is 4.62. The number of benzene rings is 3. The van der Waals surface area contributed by atoms with Crippen LogP contribution in [0, 0.1) is 0 Å². The van der Waals surface area contributed by atoms with Gasteiger partial charge in [-0.2, -0.15) is 0 Å². The van der Waals surface area contributed by atoms with Gasteiger partial charge in [-0.15, -0.1) is 0 Å². The zero-order valence-corrected chi connectivity index (χ0v) is 18.8. The Morgan fingerprint density at radius 3 is 2.50 bits per heavy atom. The monoisotopic (exact) mass is 450 g/mol. The Morgan fingerprint density at radius 1 is 1.03 bits per heavy atom. The van der Waals surface area contributed by atoms with Crippen LogP contribution in [0.15, 0.2) is 72.8 Å². The lowest BCUT2D eigenvalue weighted by Crippen LogP contribution is -2.36. The molecule has 0 aliphatic carbocycles. The largest absolute Gasteiger partial charge is 0.489 e. The molecule has 4 rings (SSSR count). The molecule has 0 aromatic heterocycles. The van der Waals surface area contributed by atoms with Crippen LogP contribution in [0.3, 0.4) is 0 Å². The highest BCUT2D eigenvalue weighted by Gasteiger charge is 2.26. The van der Waals surface area contributed by atoms with Gasteiger partial charge in [-0.1, -0.05) is 30.3 Å². The third-order valence-electron chi connectivity index (χ3n) is 5.48. The van der Waals surface area contributed by atoms with Crippen LogP contribution in [0.25, 0.3) is 0 Å². The molecule has 1 aliphatic heterocycles. The normalized spacial score (nSPS) is 13.3. The summed E-state index contributed by atoms with van der Waals surface area (Å²) in [5.41, 5.74) is 3.81. The van der Waals surface area contributed by atoms with Crippen LogP contribution in [0.1, 0.15) is 34.8 Å². The van der Waals surface area contributed by atoms with Crippen LogP contribution < -0.4 is 14.4 Å². The second kappa shape index (κ2) is 9.44. The molecule has 32 heavy (non-hydrogen) atoms. The van der Waals surface area contributed by atoms with Crippen molar-refractivity contribution in [3.05, 3.63) is 89.5 Å². The maximum absolute atomic E-state index is 12.8. The first-order chi connectivity index (χ1) is 15.5. The fraction of sp³-hybridized carbons (Fsp3) is 0.240. The fourth-order valence-electron chi connectivity index (χ4n) is 3.73. The van der Waals surface area contributed by atoms with Crippen LogP contribution in [0.4, 0.5) is 11.4 Å². The first kappa shape index (κ1) is 21.9. The topological polar surface area (TPSA) is 75.7 Å². The lowest BCUT2D eigenvalue weighted by Gasteiger charge is -2.30. The number of fused-ring (bicyclic) bond motifs is 1. The second-order valence-corrected chi connectivity index (χ2v) is 9.85. The number of anilines is 2. The lowest BCUT2D eigenvalue weighted by atomic mass is 10.0. The Bertz CT molecular complexity index is 1190. The maximum Gasteiger partial charge on any atom is 0.255 e. The van der Waals surface area contributed by atoms with Gasteiger partial charge in [0.05, 0.1) is 11.4 Å². The first-order valence-corrected chi connectivity index (χ1v) is 12.3. The summed E-state index contributed by atoms with van der Waals surface area (Å²) in [7, 11) is -3.32. The quantitative estimate of drug-likeness (QED) is 0.570. The molecule has 7 heteroatoms. The van der Waals surface area contributed by atoms with Gasteiger partial charge in [0, 0.05) is 17.8 Å². The Morgan fingerprint density at radius 2 is 1.78 bits per heavy atom. The molecule has 3 aromatic rings. The Balaban J connectivity index is 1.42. The number of aryl methyl sites for hydroxylation is 1. The lowest BCUT2D eigenvalue weighted by molar-refractivity contribution is 0.102. The minimum atomic E-state index is -3.32. The number of ether oxygens (including phenoxy) is 1. The number of carbonyl (C=O) groups is 1. The number of hydrogen-bond donors (Lipinski definition) is 1. The molecular formula is C25H26N2O4S. The second-order valence-electron chi connectivity index (χ2n) is 7.67. The Hall–Kier alpha value is -3.32. The first-order valence-electron chi connectivity index (χ1n) is 10.7. The summed E-state index contributed by atoms with van der Waals surface area (Å²) in [6.07, 6.45) is 1.49. The van der Waals surface area contributed by atoms with E-state index < -0.39 is 10.0 Å². The Kier molecular flexibility index (Phi) is 6.46. The van der Waals surface area contributed by atoms with Crippen LogP contribution in [-0.2, 0) is 23.1 Å². The third kappa shape index (κ3) is 4.94. The van der Waals surface area contributed by atoms with E-state index in [2.05, 4.69) is 5.32 Å². The van der Waals surface area contributed by atoms with Crippen molar-refractivity contribution in [3.8, 4) is 5.75 Å². The van der Waals surface area contributed by atoms with Crippen molar-refractivity contribution in [3.63, 3.8) is 0 Å². The minimum absolute atomic E-state index is 0.0553. The smallest absolute Gasteiger partial charge is 0.255 e. The van der Waals surface area contributed by atoms with Gasteiger partial charge in [0.1, 0.15) is 12.4 Å². The van der Waals surface area contributed by atoms with E-state index in [9.17, 15) is 13.2 Å². The molecule has 0 saturated carbocycles. The zero-order valence-electron chi connectivity index (χ0n) is 18.0. The number of rotatable bonds is 7. The van der Waals surface area contributed by atoms with E-state index in [0.717, 1.165) is 29.7 Å². The molecule has 0 unspecified atom stereocenters. The molecule has 1 heterocycles. The van der Waals surface area contributed by atoms with Crippen molar-refractivity contribution in [2.75, 3.05) is 21.9 Å². The van der Waals surface area contributed by atoms with Crippen molar-refractivity contribution in [2.45, 2.75) is 26.4 Å². The van der Waals surface area contributed by atoms with Gasteiger partial charge in [-0.05, 0) is 73.4 Å². The number of hydrogen-bond acceptors (Lipinski definition) is 4. The van der Waals surface area contributed by atoms with Crippen LogP contribution in [0.2, 0.25) is 0 Å². The van der Waals surface area contributed by atoms with E-state index in [-0.39, 0.29) is 11.7 Å². The van der Waals surface area contributed by atoms with E-state index in [1.807, 2.05) is 42.5 Å². The van der Waals surface area contributed by atoms with Crippen molar-refractivity contribution in [1.29, 1.82) is 0 Å². The zero-order chi connectivity index (χ0) is 22.6. The molecule has 0 bridgehead atoms. The van der Waals surface area contributed by atoms with Gasteiger partial charge in [0.15, 0.2) is 0 Å². The van der Waals surface area contributed by atoms with Crippen molar-refractivity contribution in [1.82, 2.24) is 0 Å². The minimum Gasteiger partial charge on any atom is -0.489 e. The third-order valence-corrected chi connectivity index (χ3v) is 7.26. The summed E-state index contributed by atoms with van der Waals surface area (Å²) < 4.78 is 32.0. The summed E-state index contributed by atoms with van der Waals surface area (Å²) in [6.45, 7) is 2.60. The van der Waals surface area contributed by atoms with Crippen molar-refractivity contribution < 1.29 is 17.9 Å². The van der Waals surface area contributed by atoms with Gasteiger partial charge in [0.2, 0.25) is 10.0 Å². The van der Waals surface area contributed by atoms with E-state index in [1.54, 1.807) is 37.3 Å². The van der Waals surface area contributed by atoms with E-state index in [1.165, 1.54) is 4.31 Å². The van der Waals surface area contributed by atoms with Crippen LogP contribution >= 0.6 is 0 Å². The molecule has 166 valence electrons. The molecule has 1 N–H and O–H groups in total. The summed E-state index contributed by atoms with van der Waals surface area (Å²) in [6, 6.07) is 22.3. The highest BCUT2D eigenvalue weighted by Crippen LogP contribution is 2.30. The number of sulfonamides is 1. The number of carbonyl (C=O) groups excluding carboxylic acids is 1. The van der Waals surface area contributed by atoms with Crippen LogP contribution in [-0.4, -0.2) is 26.6 Å². The number of nitrogens with one attached hydrogen (secondary N) is 1. The molecule has 6 nitrogen and oxygen atoms in total. The molecule has 1 amide bonds. The Labute approximate surface area is 188 Å². The van der Waals surface area contributed by atoms with E-state index >= 15 is 0 Å². The highest BCUT2D eigenvalue weighted by atomic mass is 32.2. The fourth-order valence-corrected chi connectivity index (χ4v) is 4.92. The molecular weight excluding hydrogens is 424 g/mol.